The number of ether oxygens (including phenoxy) is 1. The maximum Gasteiger partial charge on any atom is 0.269 e. The third kappa shape index (κ3) is 5.32. The molecule has 0 spiro atoms. The number of carbonyl (C=O) groups is 2. The molecular weight excluding hydrogens is 436 g/mol. The minimum absolute atomic E-state index is 0.00592. The number of anilines is 1. The van der Waals surface area contributed by atoms with E-state index < -0.39 is 15.9 Å². The first-order valence-corrected chi connectivity index (χ1v) is 11.4. The van der Waals surface area contributed by atoms with Crippen LogP contribution < -0.4 is 20.5 Å². The molecule has 32 heavy (non-hydrogen) atoms. The number of nitrogens with one attached hydrogen (secondary N) is 2. The lowest BCUT2D eigenvalue weighted by Gasteiger charge is -2.31. The molecule has 1 aromatic carbocycles. The number of piperidine rings is 1. The van der Waals surface area contributed by atoms with Crippen LogP contribution in [-0.2, 0) is 14.8 Å². The van der Waals surface area contributed by atoms with Crippen molar-refractivity contribution in [2.45, 2.75) is 17.7 Å². The van der Waals surface area contributed by atoms with Gasteiger partial charge in [-0.2, -0.15) is 4.98 Å². The van der Waals surface area contributed by atoms with Crippen LogP contribution in [0.5, 0.6) is 5.88 Å². The smallest absolute Gasteiger partial charge is 0.269 e. The number of hydrogen-bond donors (Lipinski definition) is 2. The quantitative estimate of drug-likeness (QED) is 0.590. The van der Waals surface area contributed by atoms with E-state index in [0.717, 1.165) is 4.31 Å². The summed E-state index contributed by atoms with van der Waals surface area (Å²) < 4.78 is 30.7. The molecule has 2 amide bonds. The molecule has 2 aromatic rings. The van der Waals surface area contributed by atoms with E-state index in [1.54, 1.807) is 12.3 Å². The van der Waals surface area contributed by atoms with Crippen LogP contribution in [0.15, 0.2) is 41.4 Å². The summed E-state index contributed by atoms with van der Waals surface area (Å²) in [6.45, 7) is 1.17. The maximum atomic E-state index is 12.5. The summed E-state index contributed by atoms with van der Waals surface area (Å²) in [5.74, 6) is -0.167. The van der Waals surface area contributed by atoms with Gasteiger partial charge in [0.05, 0.1) is 12.0 Å². The molecule has 172 valence electrons. The zero-order valence-corrected chi connectivity index (χ0v) is 18.9. The van der Waals surface area contributed by atoms with Gasteiger partial charge in [0.2, 0.25) is 27.8 Å². The van der Waals surface area contributed by atoms with Crippen molar-refractivity contribution in [3.05, 3.63) is 42.1 Å². The van der Waals surface area contributed by atoms with Gasteiger partial charge in [0.25, 0.3) is 5.91 Å². The van der Waals surface area contributed by atoms with Crippen LogP contribution in [0.1, 0.15) is 23.2 Å². The Hall–Kier alpha value is -3.25. The highest BCUT2D eigenvalue weighted by atomic mass is 32.2. The SMILES string of the molecule is COc1ccnc(N2CCC(C(=O)NNC(=O)c3cccc(S(=O)(=O)N(C)C)c3)CC2)n1. The Morgan fingerprint density at radius 3 is 2.53 bits per heavy atom. The van der Waals surface area contributed by atoms with Gasteiger partial charge < -0.3 is 9.64 Å². The summed E-state index contributed by atoms with van der Waals surface area (Å²) >= 11 is 0. The molecule has 3 rings (SSSR count). The van der Waals surface area contributed by atoms with Crippen molar-refractivity contribution in [2.24, 2.45) is 5.92 Å². The number of aromatic nitrogens is 2. The highest BCUT2D eigenvalue weighted by Crippen LogP contribution is 2.22. The van der Waals surface area contributed by atoms with Crippen LogP contribution in [-0.4, -0.2) is 68.8 Å². The molecule has 1 aromatic heterocycles. The van der Waals surface area contributed by atoms with Gasteiger partial charge in [-0.05, 0) is 31.0 Å². The van der Waals surface area contributed by atoms with Crippen LogP contribution in [0.25, 0.3) is 0 Å². The molecule has 2 heterocycles. The molecule has 0 radical (unpaired) electrons. The van der Waals surface area contributed by atoms with E-state index in [1.165, 1.54) is 45.5 Å². The molecule has 1 saturated heterocycles. The summed E-state index contributed by atoms with van der Waals surface area (Å²) in [7, 11) is 0.687. The Labute approximate surface area is 186 Å². The van der Waals surface area contributed by atoms with E-state index >= 15 is 0 Å². The van der Waals surface area contributed by atoms with Crippen molar-refractivity contribution in [1.82, 2.24) is 25.1 Å². The van der Waals surface area contributed by atoms with Gasteiger partial charge in [-0.15, -0.1) is 0 Å². The van der Waals surface area contributed by atoms with E-state index in [-0.39, 0.29) is 22.3 Å². The van der Waals surface area contributed by atoms with E-state index in [2.05, 4.69) is 20.8 Å². The van der Waals surface area contributed by atoms with Crippen molar-refractivity contribution in [1.29, 1.82) is 0 Å². The fourth-order valence-corrected chi connectivity index (χ4v) is 4.19. The number of benzene rings is 1. The lowest BCUT2D eigenvalue weighted by molar-refractivity contribution is -0.126. The Balaban J connectivity index is 1.54. The first-order valence-electron chi connectivity index (χ1n) is 9.97. The van der Waals surface area contributed by atoms with Crippen LogP contribution in [0, 0.1) is 5.92 Å². The standard InChI is InChI=1S/C20H26N6O5S/c1-25(2)32(29,30)16-6-4-5-15(13-16)19(28)24-23-18(27)14-8-11-26(12-9-14)20-21-10-7-17(22-20)31-3/h4-7,10,13-14H,8-9,11-12H2,1-3H3,(H,23,27)(H,24,28). The predicted octanol–water partition coefficient (Wildman–Crippen LogP) is 0.413. The summed E-state index contributed by atoms with van der Waals surface area (Å²) in [4.78, 5) is 35.4. The van der Waals surface area contributed by atoms with Gasteiger partial charge in [0, 0.05) is 50.9 Å². The molecule has 2 N–H and O–H groups in total. The normalized spacial score (nSPS) is 14.8. The molecule has 11 nitrogen and oxygen atoms in total. The lowest BCUT2D eigenvalue weighted by Crippen LogP contribution is -2.47. The molecule has 0 aliphatic carbocycles. The summed E-state index contributed by atoms with van der Waals surface area (Å²) in [5, 5.41) is 0. The molecule has 0 unspecified atom stereocenters. The fraction of sp³-hybridized carbons (Fsp3) is 0.400. The number of hydrazine groups is 1. The molecule has 0 bridgehead atoms. The van der Waals surface area contributed by atoms with Crippen LogP contribution in [0.2, 0.25) is 0 Å². The zero-order valence-electron chi connectivity index (χ0n) is 18.1. The fourth-order valence-electron chi connectivity index (χ4n) is 3.24. The van der Waals surface area contributed by atoms with Gasteiger partial charge in [-0.1, -0.05) is 6.07 Å². The summed E-state index contributed by atoms with van der Waals surface area (Å²) in [6.07, 6.45) is 2.76. The Kier molecular flexibility index (Phi) is 7.26. The minimum Gasteiger partial charge on any atom is -0.481 e. The number of carbonyl (C=O) groups excluding carboxylic acids is 2. The maximum absolute atomic E-state index is 12.5. The number of nitrogens with zero attached hydrogens (tertiary/aromatic N) is 4. The van der Waals surface area contributed by atoms with Gasteiger partial charge in [-0.25, -0.2) is 17.7 Å². The molecule has 0 atom stereocenters. The molecule has 1 aliphatic rings. The van der Waals surface area contributed by atoms with E-state index in [0.29, 0.717) is 37.8 Å². The molecule has 12 heteroatoms. The van der Waals surface area contributed by atoms with Gasteiger partial charge in [0.1, 0.15) is 0 Å². The monoisotopic (exact) mass is 462 g/mol. The number of amides is 2. The Bertz CT molecular complexity index is 1080. The Morgan fingerprint density at radius 2 is 1.88 bits per heavy atom. The number of hydrogen-bond acceptors (Lipinski definition) is 8. The van der Waals surface area contributed by atoms with Crippen molar-refractivity contribution >= 4 is 27.8 Å². The molecule has 1 fully saturated rings. The largest absolute Gasteiger partial charge is 0.481 e. The number of sulfonamides is 1. The van der Waals surface area contributed by atoms with E-state index in [1.807, 2.05) is 4.90 Å². The lowest BCUT2D eigenvalue weighted by atomic mass is 9.96. The molecule has 0 saturated carbocycles. The molecular formula is C20H26N6O5S. The van der Waals surface area contributed by atoms with Gasteiger partial charge in [0.15, 0.2) is 0 Å². The predicted molar refractivity (Wildman–Crippen MR) is 116 cm³/mol. The number of methoxy groups -OCH3 is 1. The average Bonchev–Trinajstić information content (AvgIpc) is 2.82. The van der Waals surface area contributed by atoms with Crippen molar-refractivity contribution < 1.29 is 22.7 Å². The van der Waals surface area contributed by atoms with Crippen LogP contribution in [0.4, 0.5) is 5.95 Å². The summed E-state index contributed by atoms with van der Waals surface area (Å²) in [6, 6.07) is 7.29. The number of rotatable bonds is 6. The van der Waals surface area contributed by atoms with Gasteiger partial charge >= 0.3 is 0 Å². The highest BCUT2D eigenvalue weighted by Gasteiger charge is 2.27. The molecule has 1 aliphatic heterocycles. The topological polar surface area (TPSA) is 134 Å². The minimum atomic E-state index is -3.67. The first-order chi connectivity index (χ1) is 15.2. The highest BCUT2D eigenvalue weighted by molar-refractivity contribution is 7.89. The second-order valence-corrected chi connectivity index (χ2v) is 9.57. The zero-order chi connectivity index (χ0) is 23.3. The third-order valence-electron chi connectivity index (χ3n) is 5.15. The second kappa shape index (κ2) is 9.92. The van der Waals surface area contributed by atoms with Gasteiger partial charge in [-0.3, -0.25) is 20.4 Å². The average molecular weight is 463 g/mol. The van der Waals surface area contributed by atoms with E-state index in [9.17, 15) is 18.0 Å². The van der Waals surface area contributed by atoms with Crippen molar-refractivity contribution in [3.8, 4) is 5.88 Å². The van der Waals surface area contributed by atoms with E-state index in [4.69, 9.17) is 4.74 Å². The summed E-state index contributed by atoms with van der Waals surface area (Å²) in [5.41, 5.74) is 4.92. The van der Waals surface area contributed by atoms with Crippen molar-refractivity contribution in [3.63, 3.8) is 0 Å². The van der Waals surface area contributed by atoms with Crippen molar-refractivity contribution in [2.75, 3.05) is 39.2 Å². The van der Waals surface area contributed by atoms with Crippen LogP contribution >= 0.6 is 0 Å². The first kappa shape index (κ1) is 23.4. The third-order valence-corrected chi connectivity index (χ3v) is 6.96. The second-order valence-electron chi connectivity index (χ2n) is 7.42. The Morgan fingerprint density at radius 1 is 1.16 bits per heavy atom. The van der Waals surface area contributed by atoms with Crippen LogP contribution in [0.3, 0.4) is 0 Å².